The lowest BCUT2D eigenvalue weighted by atomic mass is 10.1. The van der Waals surface area contributed by atoms with E-state index >= 15 is 0 Å². The first-order valence-corrected chi connectivity index (χ1v) is 4.92. The fourth-order valence-corrected chi connectivity index (χ4v) is 1.73. The number of carbonyl (C=O) groups excluding carboxylic acids is 2. The van der Waals surface area contributed by atoms with Gasteiger partial charge in [-0.3, -0.25) is 9.59 Å². The molecule has 0 bridgehead atoms. The quantitative estimate of drug-likeness (QED) is 0.611. The van der Waals surface area contributed by atoms with Crippen LogP contribution in [0.15, 0.2) is 36.9 Å². The third-order valence-corrected chi connectivity index (χ3v) is 2.50. The van der Waals surface area contributed by atoms with Gasteiger partial charge in [-0.25, -0.2) is 4.90 Å². The molecule has 2 rings (SSSR count). The normalized spacial score (nSPS) is 16.2. The van der Waals surface area contributed by atoms with E-state index < -0.39 is 18.0 Å². The molecule has 1 aromatic rings. The number of hydrogen-bond donors (Lipinski definition) is 1. The number of aliphatic hydroxyl groups excluding tert-OH is 1. The lowest BCUT2D eigenvalue weighted by Gasteiger charge is -2.19. The summed E-state index contributed by atoms with van der Waals surface area (Å²) >= 11 is 0. The molecule has 0 saturated carbocycles. The van der Waals surface area contributed by atoms with Gasteiger partial charge in [-0.2, -0.15) is 0 Å². The summed E-state index contributed by atoms with van der Waals surface area (Å²) in [6.07, 6.45) is 0.504. The number of carbonyl (C=O) groups is 2. The zero-order valence-corrected chi connectivity index (χ0v) is 8.59. The summed E-state index contributed by atoms with van der Waals surface area (Å²) in [5.74, 6) is -0.898. The van der Waals surface area contributed by atoms with Gasteiger partial charge in [-0.05, 0) is 12.1 Å². The second kappa shape index (κ2) is 3.90. The van der Waals surface area contributed by atoms with Crippen LogP contribution in [0.5, 0.6) is 0 Å². The maximum absolute atomic E-state index is 11.8. The Hall–Kier alpha value is -1.94. The second-order valence-corrected chi connectivity index (χ2v) is 3.53. The molecule has 1 aromatic carbocycles. The van der Waals surface area contributed by atoms with Crippen molar-refractivity contribution in [1.29, 1.82) is 0 Å². The van der Waals surface area contributed by atoms with Crippen molar-refractivity contribution < 1.29 is 14.7 Å². The van der Waals surface area contributed by atoms with E-state index in [1.54, 1.807) is 24.3 Å². The van der Waals surface area contributed by atoms with Crippen molar-refractivity contribution in [2.75, 3.05) is 0 Å². The molecular weight excluding hydrogens is 206 g/mol. The van der Waals surface area contributed by atoms with Crippen molar-refractivity contribution in [2.45, 2.75) is 12.6 Å². The molecule has 4 nitrogen and oxygen atoms in total. The lowest BCUT2D eigenvalue weighted by molar-refractivity contribution is 0.0153. The zero-order valence-electron chi connectivity index (χ0n) is 8.59. The number of rotatable bonds is 3. The Bertz CT molecular complexity index is 432. The van der Waals surface area contributed by atoms with E-state index in [-0.39, 0.29) is 6.42 Å². The van der Waals surface area contributed by atoms with Gasteiger partial charge in [0.2, 0.25) is 0 Å². The maximum atomic E-state index is 11.8. The number of fused-ring (bicyclic) bond motifs is 1. The number of imide groups is 1. The van der Waals surface area contributed by atoms with Crippen LogP contribution >= 0.6 is 0 Å². The van der Waals surface area contributed by atoms with Gasteiger partial charge in [0.15, 0.2) is 0 Å². The van der Waals surface area contributed by atoms with Crippen molar-refractivity contribution in [3.05, 3.63) is 48.0 Å². The number of hydrogen-bond acceptors (Lipinski definition) is 3. The molecule has 1 atom stereocenters. The highest BCUT2D eigenvalue weighted by Gasteiger charge is 2.38. The van der Waals surface area contributed by atoms with Gasteiger partial charge in [-0.15, -0.1) is 6.58 Å². The summed E-state index contributed by atoms with van der Waals surface area (Å²) < 4.78 is 0. The maximum Gasteiger partial charge on any atom is 0.263 e. The van der Waals surface area contributed by atoms with Gasteiger partial charge in [0, 0.05) is 6.42 Å². The predicted octanol–water partition coefficient (Wildman–Crippen LogP) is 1.18. The Kier molecular flexibility index (Phi) is 2.58. The highest BCUT2D eigenvalue weighted by molar-refractivity contribution is 6.21. The molecule has 0 aliphatic carbocycles. The van der Waals surface area contributed by atoms with Crippen LogP contribution in [0, 0.1) is 0 Å². The molecule has 0 aromatic heterocycles. The molecule has 4 heteroatoms. The average molecular weight is 217 g/mol. The Morgan fingerprint density at radius 3 is 2.19 bits per heavy atom. The Morgan fingerprint density at radius 1 is 1.25 bits per heavy atom. The molecule has 1 unspecified atom stereocenters. The van der Waals surface area contributed by atoms with Crippen LogP contribution in [-0.2, 0) is 0 Å². The monoisotopic (exact) mass is 217 g/mol. The molecule has 1 aliphatic rings. The van der Waals surface area contributed by atoms with Crippen LogP contribution in [0.3, 0.4) is 0 Å². The Balaban J connectivity index is 2.38. The van der Waals surface area contributed by atoms with Gasteiger partial charge >= 0.3 is 0 Å². The van der Waals surface area contributed by atoms with Crippen LogP contribution < -0.4 is 0 Å². The number of amides is 2. The van der Waals surface area contributed by atoms with Crippen LogP contribution in [0.1, 0.15) is 27.1 Å². The molecule has 1 heterocycles. The minimum Gasteiger partial charge on any atom is -0.373 e. The molecule has 0 fully saturated rings. The highest BCUT2D eigenvalue weighted by Crippen LogP contribution is 2.24. The van der Waals surface area contributed by atoms with Gasteiger partial charge < -0.3 is 5.11 Å². The van der Waals surface area contributed by atoms with Crippen molar-refractivity contribution >= 4 is 11.8 Å². The van der Waals surface area contributed by atoms with Crippen LogP contribution in [0.2, 0.25) is 0 Å². The first-order chi connectivity index (χ1) is 7.66. The Morgan fingerprint density at radius 2 is 1.75 bits per heavy atom. The van der Waals surface area contributed by atoms with E-state index in [2.05, 4.69) is 6.58 Å². The molecule has 82 valence electrons. The SMILES string of the molecule is C=CCC(O)N1C(=O)c2ccccc2C1=O. The van der Waals surface area contributed by atoms with Crippen molar-refractivity contribution in [3.63, 3.8) is 0 Å². The summed E-state index contributed by atoms with van der Waals surface area (Å²) in [7, 11) is 0. The first kappa shape index (κ1) is 10.6. The summed E-state index contributed by atoms with van der Waals surface area (Å²) in [6.45, 7) is 3.46. The third-order valence-electron chi connectivity index (χ3n) is 2.50. The first-order valence-electron chi connectivity index (χ1n) is 4.92. The van der Waals surface area contributed by atoms with Gasteiger partial charge in [0.25, 0.3) is 11.8 Å². The topological polar surface area (TPSA) is 57.6 Å². The minimum absolute atomic E-state index is 0.172. The lowest BCUT2D eigenvalue weighted by Crippen LogP contribution is -2.39. The van der Waals surface area contributed by atoms with Crippen LogP contribution in [-0.4, -0.2) is 28.0 Å². The smallest absolute Gasteiger partial charge is 0.263 e. The molecule has 1 N–H and O–H groups in total. The molecule has 2 amide bonds. The number of aliphatic hydroxyl groups is 1. The van der Waals surface area contributed by atoms with Crippen LogP contribution in [0.4, 0.5) is 0 Å². The van der Waals surface area contributed by atoms with E-state index in [0.29, 0.717) is 11.1 Å². The van der Waals surface area contributed by atoms with E-state index in [4.69, 9.17) is 0 Å². The van der Waals surface area contributed by atoms with Crippen molar-refractivity contribution in [2.24, 2.45) is 0 Å². The molecule has 1 aliphatic heterocycles. The van der Waals surface area contributed by atoms with E-state index in [9.17, 15) is 14.7 Å². The fourth-order valence-electron chi connectivity index (χ4n) is 1.73. The van der Waals surface area contributed by atoms with Crippen LogP contribution in [0.25, 0.3) is 0 Å². The van der Waals surface area contributed by atoms with Gasteiger partial charge in [0.05, 0.1) is 11.1 Å². The van der Waals surface area contributed by atoms with E-state index in [0.717, 1.165) is 4.90 Å². The van der Waals surface area contributed by atoms with E-state index in [1.807, 2.05) is 0 Å². The molecule has 0 spiro atoms. The zero-order chi connectivity index (χ0) is 11.7. The standard InChI is InChI=1S/C12H11NO3/c1-2-5-10(14)13-11(15)8-6-3-4-7-9(8)12(13)16/h2-4,6-7,10,14H,1,5H2. The van der Waals surface area contributed by atoms with Crippen molar-refractivity contribution in [1.82, 2.24) is 4.90 Å². The second-order valence-electron chi connectivity index (χ2n) is 3.53. The Labute approximate surface area is 92.8 Å². The summed E-state index contributed by atoms with van der Waals surface area (Å²) in [4.78, 5) is 24.5. The average Bonchev–Trinajstić information content (AvgIpc) is 2.53. The summed E-state index contributed by atoms with van der Waals surface area (Å²) in [5.41, 5.74) is 0.686. The summed E-state index contributed by atoms with van der Waals surface area (Å²) in [6, 6.07) is 6.53. The van der Waals surface area contributed by atoms with Gasteiger partial charge in [-0.1, -0.05) is 18.2 Å². The molecular formula is C12H11NO3. The van der Waals surface area contributed by atoms with Crippen molar-refractivity contribution in [3.8, 4) is 0 Å². The molecule has 0 saturated heterocycles. The largest absolute Gasteiger partial charge is 0.373 e. The third kappa shape index (κ3) is 1.44. The molecule has 0 radical (unpaired) electrons. The van der Waals surface area contributed by atoms with Gasteiger partial charge in [0.1, 0.15) is 6.23 Å². The predicted molar refractivity (Wildman–Crippen MR) is 57.8 cm³/mol. The number of nitrogens with zero attached hydrogens (tertiary/aromatic N) is 1. The summed E-state index contributed by atoms with van der Waals surface area (Å²) in [5, 5.41) is 9.67. The van der Waals surface area contributed by atoms with E-state index in [1.165, 1.54) is 6.08 Å². The minimum atomic E-state index is -1.13. The molecule has 16 heavy (non-hydrogen) atoms. The fraction of sp³-hybridized carbons (Fsp3) is 0.167. The highest BCUT2D eigenvalue weighted by atomic mass is 16.3. The number of benzene rings is 1.